The van der Waals surface area contributed by atoms with Crippen LogP contribution in [-0.2, 0) is 27.7 Å². The Labute approximate surface area is 160 Å². The number of benzene rings is 2. The predicted octanol–water partition coefficient (Wildman–Crippen LogP) is 2.98. The molecule has 0 aliphatic heterocycles. The number of carbonyl (C=O) groups excluding carboxylic acids is 1. The van der Waals surface area contributed by atoms with Crippen LogP contribution in [0.2, 0.25) is 0 Å². The summed E-state index contributed by atoms with van der Waals surface area (Å²) in [6.45, 7) is -0.106. The van der Waals surface area contributed by atoms with Crippen LogP contribution in [0, 0.1) is 0 Å². The molecule has 0 aromatic heterocycles. The Morgan fingerprint density at radius 1 is 1.11 bits per heavy atom. The third-order valence-corrected chi connectivity index (χ3v) is 5.89. The number of ether oxygens (including phenoxy) is 1. The van der Waals surface area contributed by atoms with Crippen molar-refractivity contribution < 1.29 is 17.9 Å². The smallest absolute Gasteiger partial charge is 0.262 e. The molecular weight excluding hydrogens is 364 g/mol. The molecule has 2 aromatic rings. The molecule has 0 bridgehead atoms. The van der Waals surface area contributed by atoms with Crippen LogP contribution in [0.25, 0.3) is 0 Å². The van der Waals surface area contributed by atoms with E-state index in [0.717, 1.165) is 23.4 Å². The number of hydrogen-bond acceptors (Lipinski definition) is 4. The number of nitrogens with one attached hydrogen (secondary N) is 1. The topological polar surface area (TPSA) is 75.7 Å². The Kier molecular flexibility index (Phi) is 5.70. The van der Waals surface area contributed by atoms with Gasteiger partial charge < -0.3 is 10.1 Å². The molecule has 2 aromatic carbocycles. The summed E-state index contributed by atoms with van der Waals surface area (Å²) >= 11 is 0. The number of hydrogen-bond donors (Lipinski definition) is 1. The quantitative estimate of drug-likeness (QED) is 0.825. The highest BCUT2D eigenvalue weighted by Gasteiger charge is 2.13. The fraction of sp³-hybridized carbons (Fsp3) is 0.350. The minimum Gasteiger partial charge on any atom is -0.484 e. The number of nitrogens with zero attached hydrogens (tertiary/aromatic N) is 1. The van der Waals surface area contributed by atoms with Gasteiger partial charge in [-0.1, -0.05) is 12.1 Å². The van der Waals surface area contributed by atoms with E-state index in [2.05, 4.69) is 11.4 Å². The molecular formula is C20H24N2O4S. The van der Waals surface area contributed by atoms with Gasteiger partial charge in [-0.3, -0.25) is 9.10 Å². The zero-order valence-corrected chi connectivity index (χ0v) is 16.4. The largest absolute Gasteiger partial charge is 0.484 e. The second kappa shape index (κ2) is 8.00. The molecule has 0 saturated heterocycles. The molecule has 6 nitrogen and oxygen atoms in total. The van der Waals surface area contributed by atoms with Crippen LogP contribution >= 0.6 is 0 Å². The van der Waals surface area contributed by atoms with Crippen molar-refractivity contribution in [3.8, 4) is 5.75 Å². The number of anilines is 2. The lowest BCUT2D eigenvalue weighted by molar-refractivity contribution is -0.118. The highest BCUT2D eigenvalue weighted by Crippen LogP contribution is 2.25. The number of sulfonamides is 1. The van der Waals surface area contributed by atoms with Crippen LogP contribution < -0.4 is 14.4 Å². The molecule has 1 N–H and O–H groups in total. The van der Waals surface area contributed by atoms with E-state index in [1.54, 1.807) is 24.3 Å². The maximum atomic E-state index is 12.2. The van der Waals surface area contributed by atoms with Crippen molar-refractivity contribution >= 4 is 27.3 Å². The lowest BCUT2D eigenvalue weighted by Gasteiger charge is -2.18. The number of fused-ring (bicyclic) bond motifs is 1. The van der Waals surface area contributed by atoms with E-state index in [4.69, 9.17) is 4.74 Å². The van der Waals surface area contributed by atoms with E-state index in [1.165, 1.54) is 31.0 Å². The van der Waals surface area contributed by atoms with E-state index in [0.29, 0.717) is 17.1 Å². The van der Waals surface area contributed by atoms with Gasteiger partial charge >= 0.3 is 0 Å². The summed E-state index contributed by atoms with van der Waals surface area (Å²) < 4.78 is 30.1. The van der Waals surface area contributed by atoms with E-state index >= 15 is 0 Å². The third-order valence-electron chi connectivity index (χ3n) is 4.68. The summed E-state index contributed by atoms with van der Waals surface area (Å²) in [7, 11) is -1.89. The Morgan fingerprint density at radius 2 is 1.85 bits per heavy atom. The molecule has 3 rings (SSSR count). The minimum absolute atomic E-state index is 0.106. The number of aryl methyl sites for hydroxylation is 2. The molecule has 1 amide bonds. The van der Waals surface area contributed by atoms with Crippen LogP contribution in [0.4, 0.5) is 11.4 Å². The van der Waals surface area contributed by atoms with Gasteiger partial charge in [0.2, 0.25) is 10.0 Å². The zero-order valence-electron chi connectivity index (χ0n) is 15.6. The average molecular weight is 388 g/mol. The van der Waals surface area contributed by atoms with E-state index in [-0.39, 0.29) is 12.5 Å². The molecule has 0 spiro atoms. The Morgan fingerprint density at radius 3 is 2.59 bits per heavy atom. The fourth-order valence-corrected chi connectivity index (χ4v) is 3.61. The first-order chi connectivity index (χ1) is 12.8. The third kappa shape index (κ3) is 5.01. The van der Waals surface area contributed by atoms with Crippen molar-refractivity contribution in [1.29, 1.82) is 0 Å². The Bertz CT molecular complexity index is 941. The maximum Gasteiger partial charge on any atom is 0.262 e. The lowest BCUT2D eigenvalue weighted by atomic mass is 9.92. The first-order valence-electron chi connectivity index (χ1n) is 8.91. The lowest BCUT2D eigenvalue weighted by Crippen LogP contribution is -2.25. The summed E-state index contributed by atoms with van der Waals surface area (Å²) in [5, 5.41) is 2.74. The normalized spacial score (nSPS) is 13.6. The van der Waals surface area contributed by atoms with Crippen molar-refractivity contribution in [2.45, 2.75) is 25.7 Å². The van der Waals surface area contributed by atoms with Gasteiger partial charge in [-0.2, -0.15) is 0 Å². The molecule has 1 aliphatic carbocycles. The molecule has 0 saturated carbocycles. The standard InChI is InChI=1S/C20H24N2O4S/c1-22(27(2,24)25)18-9-5-8-17(13-18)21-20(23)14-26-19-11-10-15-6-3-4-7-16(15)12-19/h5,8-13H,3-4,6-7,14H2,1-2H3,(H,21,23). The molecule has 0 radical (unpaired) electrons. The molecule has 1 aliphatic rings. The second-order valence-electron chi connectivity index (χ2n) is 6.76. The second-order valence-corrected chi connectivity index (χ2v) is 8.77. The summed E-state index contributed by atoms with van der Waals surface area (Å²) in [6, 6.07) is 12.7. The van der Waals surface area contributed by atoms with Gasteiger partial charge in [0.1, 0.15) is 5.75 Å². The summed E-state index contributed by atoms with van der Waals surface area (Å²) in [5.41, 5.74) is 3.66. The van der Waals surface area contributed by atoms with Gasteiger partial charge in [-0.25, -0.2) is 8.42 Å². The molecule has 7 heteroatoms. The SMILES string of the molecule is CN(c1cccc(NC(=O)COc2ccc3c(c2)CCCC3)c1)S(C)(=O)=O. The molecule has 144 valence electrons. The van der Waals surface area contributed by atoms with Gasteiger partial charge in [-0.05, 0) is 67.1 Å². The average Bonchev–Trinajstić information content (AvgIpc) is 2.65. The van der Waals surface area contributed by atoms with Gasteiger partial charge in [0.15, 0.2) is 6.61 Å². The van der Waals surface area contributed by atoms with Crippen LogP contribution in [0.15, 0.2) is 42.5 Å². The van der Waals surface area contributed by atoms with Crippen molar-refractivity contribution in [2.75, 3.05) is 29.5 Å². The van der Waals surface area contributed by atoms with Crippen LogP contribution in [0.3, 0.4) is 0 Å². The predicted molar refractivity (Wildman–Crippen MR) is 107 cm³/mol. The zero-order chi connectivity index (χ0) is 19.4. The van der Waals surface area contributed by atoms with E-state index in [1.807, 2.05) is 12.1 Å². The van der Waals surface area contributed by atoms with Crippen LogP contribution in [-0.4, -0.2) is 34.2 Å². The number of amides is 1. The summed E-state index contributed by atoms with van der Waals surface area (Å²) in [6.07, 6.45) is 5.71. The highest BCUT2D eigenvalue weighted by molar-refractivity contribution is 7.92. The van der Waals surface area contributed by atoms with Crippen molar-refractivity contribution in [1.82, 2.24) is 0 Å². The molecule has 0 heterocycles. The van der Waals surface area contributed by atoms with Crippen molar-refractivity contribution in [2.24, 2.45) is 0 Å². The molecule has 0 unspecified atom stereocenters. The Hall–Kier alpha value is -2.54. The maximum absolute atomic E-state index is 12.2. The summed E-state index contributed by atoms with van der Waals surface area (Å²) in [4.78, 5) is 12.2. The highest BCUT2D eigenvalue weighted by atomic mass is 32.2. The van der Waals surface area contributed by atoms with E-state index < -0.39 is 10.0 Å². The van der Waals surface area contributed by atoms with Gasteiger partial charge in [0, 0.05) is 12.7 Å². The summed E-state index contributed by atoms with van der Waals surface area (Å²) in [5.74, 6) is 0.392. The molecule has 0 atom stereocenters. The van der Waals surface area contributed by atoms with Crippen molar-refractivity contribution in [3.05, 3.63) is 53.6 Å². The Balaban J connectivity index is 1.60. The van der Waals surface area contributed by atoms with Crippen LogP contribution in [0.5, 0.6) is 5.75 Å². The minimum atomic E-state index is -3.36. The van der Waals surface area contributed by atoms with Gasteiger partial charge in [-0.15, -0.1) is 0 Å². The first-order valence-corrected chi connectivity index (χ1v) is 10.8. The van der Waals surface area contributed by atoms with Gasteiger partial charge in [0.05, 0.1) is 11.9 Å². The fourth-order valence-electron chi connectivity index (χ4n) is 3.12. The van der Waals surface area contributed by atoms with Crippen molar-refractivity contribution in [3.63, 3.8) is 0 Å². The van der Waals surface area contributed by atoms with Crippen LogP contribution in [0.1, 0.15) is 24.0 Å². The van der Waals surface area contributed by atoms with Gasteiger partial charge in [0.25, 0.3) is 5.91 Å². The number of rotatable bonds is 6. The molecule has 0 fully saturated rings. The monoisotopic (exact) mass is 388 g/mol. The first kappa shape index (κ1) is 19.2. The number of carbonyl (C=O) groups is 1. The molecule has 27 heavy (non-hydrogen) atoms. The van der Waals surface area contributed by atoms with E-state index in [9.17, 15) is 13.2 Å².